The third kappa shape index (κ3) is 4.77. The van der Waals surface area contributed by atoms with Crippen molar-refractivity contribution in [2.45, 2.75) is 40.2 Å². The smallest absolute Gasteiger partial charge is 0.305 e. The van der Waals surface area contributed by atoms with Crippen LogP contribution in [-0.4, -0.2) is 30.1 Å². The largest absolute Gasteiger partial charge is 0.496 e. The number of carbonyl (C=O) groups is 2. The van der Waals surface area contributed by atoms with Crippen molar-refractivity contribution in [1.29, 1.82) is 0 Å². The maximum absolute atomic E-state index is 12.3. The first-order valence-corrected chi connectivity index (χ1v) is 6.82. The highest BCUT2D eigenvalue weighted by Crippen LogP contribution is 2.23. The van der Waals surface area contributed by atoms with Gasteiger partial charge >= 0.3 is 5.97 Å². The van der Waals surface area contributed by atoms with E-state index in [1.54, 1.807) is 25.3 Å². The van der Waals surface area contributed by atoms with Crippen molar-refractivity contribution in [2.24, 2.45) is 5.41 Å². The summed E-state index contributed by atoms with van der Waals surface area (Å²) in [5, 5.41) is 11.8. The second-order valence-electron chi connectivity index (χ2n) is 6.17. The van der Waals surface area contributed by atoms with Crippen molar-refractivity contribution < 1.29 is 19.4 Å². The molecule has 0 saturated carbocycles. The molecule has 0 heterocycles. The summed E-state index contributed by atoms with van der Waals surface area (Å²) < 4.78 is 5.20. The summed E-state index contributed by atoms with van der Waals surface area (Å²) in [6.07, 6.45) is -0.113. The predicted octanol–water partition coefficient (Wildman–Crippen LogP) is 2.62. The van der Waals surface area contributed by atoms with Crippen LogP contribution in [0.5, 0.6) is 5.75 Å². The van der Waals surface area contributed by atoms with Gasteiger partial charge in [-0.05, 0) is 30.0 Å². The Labute approximate surface area is 125 Å². The van der Waals surface area contributed by atoms with Crippen LogP contribution in [0.15, 0.2) is 18.2 Å². The van der Waals surface area contributed by atoms with E-state index in [4.69, 9.17) is 9.84 Å². The van der Waals surface area contributed by atoms with Crippen LogP contribution < -0.4 is 10.1 Å². The lowest BCUT2D eigenvalue weighted by Gasteiger charge is -2.30. The summed E-state index contributed by atoms with van der Waals surface area (Å²) in [7, 11) is 1.55. The number of carbonyl (C=O) groups excluding carboxylic acids is 1. The molecule has 0 aliphatic carbocycles. The Morgan fingerprint density at radius 2 is 1.95 bits per heavy atom. The first-order chi connectivity index (χ1) is 9.65. The molecule has 0 saturated heterocycles. The Balaban J connectivity index is 2.94. The summed E-state index contributed by atoms with van der Waals surface area (Å²) in [4.78, 5) is 23.3. The number of aliphatic carboxylic acids is 1. The van der Waals surface area contributed by atoms with E-state index in [1.165, 1.54) is 0 Å². The number of hydrogen-bond acceptors (Lipinski definition) is 3. The summed E-state index contributed by atoms with van der Waals surface area (Å²) in [6, 6.07) is 4.71. The van der Waals surface area contributed by atoms with E-state index in [9.17, 15) is 9.59 Å². The normalized spacial score (nSPS) is 12.6. The fraction of sp³-hybridized carbons (Fsp3) is 0.500. The third-order valence-corrected chi connectivity index (χ3v) is 3.40. The van der Waals surface area contributed by atoms with Crippen LogP contribution in [0.3, 0.4) is 0 Å². The van der Waals surface area contributed by atoms with E-state index < -0.39 is 12.0 Å². The maximum atomic E-state index is 12.3. The van der Waals surface area contributed by atoms with Crippen molar-refractivity contribution in [1.82, 2.24) is 5.32 Å². The second-order valence-corrected chi connectivity index (χ2v) is 6.17. The lowest BCUT2D eigenvalue weighted by atomic mass is 9.84. The third-order valence-electron chi connectivity index (χ3n) is 3.40. The van der Waals surface area contributed by atoms with Crippen molar-refractivity contribution in [3.05, 3.63) is 29.3 Å². The van der Waals surface area contributed by atoms with Crippen LogP contribution in [0.4, 0.5) is 0 Å². The van der Waals surface area contributed by atoms with Gasteiger partial charge in [0.15, 0.2) is 0 Å². The highest BCUT2D eigenvalue weighted by atomic mass is 16.5. The average molecular weight is 293 g/mol. The van der Waals surface area contributed by atoms with Crippen LogP contribution in [0, 0.1) is 12.3 Å². The minimum absolute atomic E-state index is 0.113. The van der Waals surface area contributed by atoms with Crippen LogP contribution in [0.2, 0.25) is 0 Å². The molecule has 1 aromatic rings. The summed E-state index contributed by atoms with van der Waals surface area (Å²) in [5.74, 6) is -0.598. The minimum Gasteiger partial charge on any atom is -0.496 e. The number of amides is 1. The standard InChI is InChI=1S/C16H23NO4/c1-10-6-7-11(8-12(10)21-5)15(20)17-13(9-14(18)19)16(2,3)4/h6-8,13H,9H2,1-5H3,(H,17,20)(H,18,19). The van der Waals surface area contributed by atoms with Crippen molar-refractivity contribution in [2.75, 3.05) is 7.11 Å². The molecule has 116 valence electrons. The SMILES string of the molecule is COc1cc(C(=O)NC(CC(=O)O)C(C)(C)C)ccc1C. The predicted molar refractivity (Wildman–Crippen MR) is 80.7 cm³/mol. The Bertz CT molecular complexity index is 532. The molecule has 0 spiro atoms. The molecule has 5 heteroatoms. The Morgan fingerprint density at radius 3 is 2.43 bits per heavy atom. The van der Waals surface area contributed by atoms with E-state index in [0.29, 0.717) is 11.3 Å². The van der Waals surface area contributed by atoms with Crippen molar-refractivity contribution in [3.8, 4) is 5.75 Å². The molecule has 0 aliphatic heterocycles. The van der Waals surface area contributed by atoms with Crippen LogP contribution in [0.1, 0.15) is 43.1 Å². The molecule has 1 atom stereocenters. The van der Waals surface area contributed by atoms with Gasteiger partial charge in [0, 0.05) is 11.6 Å². The van der Waals surface area contributed by atoms with Gasteiger partial charge in [0.2, 0.25) is 0 Å². The van der Waals surface area contributed by atoms with Crippen molar-refractivity contribution >= 4 is 11.9 Å². The molecule has 0 aromatic heterocycles. The molecule has 0 aliphatic rings. The van der Waals surface area contributed by atoms with Gasteiger partial charge in [-0.1, -0.05) is 26.8 Å². The van der Waals surface area contributed by atoms with Gasteiger partial charge in [0.05, 0.1) is 13.5 Å². The summed E-state index contributed by atoms with van der Waals surface area (Å²) in [5.41, 5.74) is 1.05. The number of methoxy groups -OCH3 is 1. The summed E-state index contributed by atoms with van der Waals surface area (Å²) >= 11 is 0. The van der Waals surface area contributed by atoms with Gasteiger partial charge in [0.25, 0.3) is 5.91 Å². The quantitative estimate of drug-likeness (QED) is 0.875. The number of nitrogens with one attached hydrogen (secondary N) is 1. The highest BCUT2D eigenvalue weighted by molar-refractivity contribution is 5.95. The number of carboxylic acids is 1. The fourth-order valence-electron chi connectivity index (χ4n) is 1.95. The van der Waals surface area contributed by atoms with E-state index in [2.05, 4.69) is 5.32 Å². The lowest BCUT2D eigenvalue weighted by Crippen LogP contribution is -2.45. The maximum Gasteiger partial charge on any atom is 0.305 e. The molecule has 1 unspecified atom stereocenters. The van der Waals surface area contributed by atoms with Gasteiger partial charge in [-0.25, -0.2) is 0 Å². The number of hydrogen-bond donors (Lipinski definition) is 2. The van der Waals surface area contributed by atoms with Crippen LogP contribution in [0.25, 0.3) is 0 Å². The Kier molecular flexibility index (Phi) is 5.35. The van der Waals surface area contributed by atoms with Gasteiger partial charge in [0.1, 0.15) is 5.75 Å². The number of rotatable bonds is 5. The molecule has 0 fully saturated rings. The molecule has 2 N–H and O–H groups in total. The molecule has 1 amide bonds. The number of carboxylic acid groups (broad SMARTS) is 1. The van der Waals surface area contributed by atoms with Crippen LogP contribution >= 0.6 is 0 Å². The summed E-state index contributed by atoms with van der Waals surface area (Å²) in [6.45, 7) is 7.59. The molecule has 5 nitrogen and oxygen atoms in total. The van der Waals surface area contributed by atoms with E-state index >= 15 is 0 Å². The monoisotopic (exact) mass is 293 g/mol. The van der Waals surface area contributed by atoms with Crippen molar-refractivity contribution in [3.63, 3.8) is 0 Å². The molecule has 1 rings (SSSR count). The first-order valence-electron chi connectivity index (χ1n) is 6.82. The van der Waals surface area contributed by atoms with E-state index in [-0.39, 0.29) is 17.7 Å². The number of ether oxygens (including phenoxy) is 1. The fourth-order valence-corrected chi connectivity index (χ4v) is 1.95. The van der Waals surface area contributed by atoms with Gasteiger partial charge < -0.3 is 15.2 Å². The zero-order valence-corrected chi connectivity index (χ0v) is 13.2. The van der Waals surface area contributed by atoms with Crippen LogP contribution in [-0.2, 0) is 4.79 Å². The molecular formula is C16H23NO4. The minimum atomic E-state index is -0.934. The Morgan fingerprint density at radius 1 is 1.33 bits per heavy atom. The number of benzene rings is 1. The lowest BCUT2D eigenvalue weighted by molar-refractivity contribution is -0.138. The molecule has 0 radical (unpaired) electrons. The van der Waals surface area contributed by atoms with Gasteiger partial charge in [-0.15, -0.1) is 0 Å². The highest BCUT2D eigenvalue weighted by Gasteiger charge is 2.28. The average Bonchev–Trinajstić information content (AvgIpc) is 2.36. The molecule has 1 aromatic carbocycles. The van der Waals surface area contributed by atoms with E-state index in [0.717, 1.165) is 5.56 Å². The van der Waals surface area contributed by atoms with Gasteiger partial charge in [-0.3, -0.25) is 9.59 Å². The number of aryl methyl sites for hydroxylation is 1. The van der Waals surface area contributed by atoms with E-state index in [1.807, 2.05) is 27.7 Å². The topological polar surface area (TPSA) is 75.6 Å². The van der Waals surface area contributed by atoms with Gasteiger partial charge in [-0.2, -0.15) is 0 Å². The molecule has 0 bridgehead atoms. The Hall–Kier alpha value is -2.04. The molecular weight excluding hydrogens is 270 g/mol. The first kappa shape index (κ1) is 17.0. The zero-order valence-electron chi connectivity index (χ0n) is 13.2. The molecule has 21 heavy (non-hydrogen) atoms. The zero-order chi connectivity index (χ0) is 16.2. The second kappa shape index (κ2) is 6.61.